The highest BCUT2D eigenvalue weighted by Crippen LogP contribution is 2.22. The Bertz CT molecular complexity index is 851. The van der Waals surface area contributed by atoms with Crippen molar-refractivity contribution in [2.75, 3.05) is 51.7 Å². The molecule has 1 aliphatic rings. The van der Waals surface area contributed by atoms with Gasteiger partial charge in [0.05, 0.1) is 0 Å². The molecule has 1 saturated heterocycles. The fourth-order valence-electron chi connectivity index (χ4n) is 3.68. The number of aliphatic imine (C=N–C) groups is 1. The molecule has 32 heavy (non-hydrogen) atoms. The largest absolute Gasteiger partial charge is 0.356 e. The average molecular weight is 551 g/mol. The van der Waals surface area contributed by atoms with Gasteiger partial charge in [-0.15, -0.1) is 24.0 Å². The molecule has 0 saturated carbocycles. The van der Waals surface area contributed by atoms with Crippen LogP contribution in [0.25, 0.3) is 0 Å². The first-order valence-corrected chi connectivity index (χ1v) is 11.3. The quantitative estimate of drug-likeness (QED) is 0.327. The maximum absolute atomic E-state index is 4.57. The minimum atomic E-state index is 0. The van der Waals surface area contributed by atoms with Crippen LogP contribution in [0, 0.1) is 0 Å². The van der Waals surface area contributed by atoms with Crippen LogP contribution in [0.1, 0.15) is 37.5 Å². The average Bonchev–Trinajstić information content (AvgIpc) is 2.76. The number of aromatic nitrogens is 1. The van der Waals surface area contributed by atoms with Gasteiger partial charge in [0.25, 0.3) is 0 Å². The second kappa shape index (κ2) is 12.4. The third-order valence-corrected chi connectivity index (χ3v) is 5.85. The molecule has 1 aromatic carbocycles. The summed E-state index contributed by atoms with van der Waals surface area (Å²) in [5.74, 6) is 1.89. The summed E-state index contributed by atoms with van der Waals surface area (Å²) >= 11 is 0. The zero-order valence-corrected chi connectivity index (χ0v) is 22.5. The highest BCUT2D eigenvalue weighted by molar-refractivity contribution is 14.0. The smallest absolute Gasteiger partial charge is 0.191 e. The minimum Gasteiger partial charge on any atom is -0.356 e. The zero-order chi connectivity index (χ0) is 22.3. The molecule has 0 unspecified atom stereocenters. The molecule has 2 N–H and O–H groups in total. The molecule has 1 aliphatic heterocycles. The van der Waals surface area contributed by atoms with Crippen LogP contribution in [-0.2, 0) is 18.4 Å². The van der Waals surface area contributed by atoms with Gasteiger partial charge in [-0.25, -0.2) is 4.98 Å². The van der Waals surface area contributed by atoms with Crippen LogP contribution >= 0.6 is 24.0 Å². The number of halogens is 1. The summed E-state index contributed by atoms with van der Waals surface area (Å²) in [6.45, 7) is 12.5. The highest BCUT2D eigenvalue weighted by atomic mass is 127. The highest BCUT2D eigenvalue weighted by Gasteiger charge is 2.15. The molecule has 176 valence electrons. The Morgan fingerprint density at radius 1 is 1.00 bits per heavy atom. The molecule has 3 rings (SSSR count). The third-order valence-electron chi connectivity index (χ3n) is 5.85. The fourth-order valence-corrected chi connectivity index (χ4v) is 3.68. The number of likely N-dealkylation sites (N-methyl/N-ethyl adjacent to an activating group) is 1. The first-order valence-electron chi connectivity index (χ1n) is 11.3. The van der Waals surface area contributed by atoms with Crippen molar-refractivity contribution in [1.29, 1.82) is 0 Å². The predicted octanol–water partition coefficient (Wildman–Crippen LogP) is 3.66. The summed E-state index contributed by atoms with van der Waals surface area (Å²) in [6, 6.07) is 13.2. The Labute approximate surface area is 210 Å². The first-order chi connectivity index (χ1) is 14.8. The van der Waals surface area contributed by atoms with Gasteiger partial charge in [0, 0.05) is 52.5 Å². The van der Waals surface area contributed by atoms with Crippen LogP contribution in [0.5, 0.6) is 0 Å². The summed E-state index contributed by atoms with van der Waals surface area (Å²) in [7, 11) is 3.99. The number of hydrogen-bond donors (Lipinski definition) is 2. The maximum Gasteiger partial charge on any atom is 0.191 e. The summed E-state index contributed by atoms with van der Waals surface area (Å²) in [5, 5.41) is 6.85. The zero-order valence-electron chi connectivity index (χ0n) is 20.2. The van der Waals surface area contributed by atoms with E-state index in [1.807, 2.05) is 13.2 Å². The Kier molecular flexibility index (Phi) is 10.2. The Morgan fingerprint density at radius 3 is 2.31 bits per heavy atom. The molecule has 0 amide bonds. The molecular weight excluding hydrogens is 511 g/mol. The SMILES string of the molecule is CN=C(NCCc1ccc(C(C)(C)C)cc1)NCc1ccnc(N2CCN(C)CC2)c1.I. The van der Waals surface area contributed by atoms with Crippen molar-refractivity contribution in [3.8, 4) is 0 Å². The molecule has 0 bridgehead atoms. The monoisotopic (exact) mass is 550 g/mol. The Hall–Kier alpha value is -1.87. The lowest BCUT2D eigenvalue weighted by Gasteiger charge is -2.33. The van der Waals surface area contributed by atoms with Gasteiger partial charge in [-0.05, 0) is 47.7 Å². The third kappa shape index (κ3) is 7.92. The number of guanidine groups is 1. The number of pyridine rings is 1. The van der Waals surface area contributed by atoms with E-state index in [1.54, 1.807) is 0 Å². The lowest BCUT2D eigenvalue weighted by atomic mass is 9.86. The van der Waals surface area contributed by atoms with Crippen LogP contribution < -0.4 is 15.5 Å². The van der Waals surface area contributed by atoms with Crippen LogP contribution in [0.15, 0.2) is 47.6 Å². The molecule has 6 nitrogen and oxygen atoms in total. The topological polar surface area (TPSA) is 55.8 Å². The van der Waals surface area contributed by atoms with Crippen molar-refractivity contribution in [2.45, 2.75) is 39.2 Å². The number of benzene rings is 1. The van der Waals surface area contributed by atoms with E-state index in [-0.39, 0.29) is 29.4 Å². The lowest BCUT2D eigenvalue weighted by molar-refractivity contribution is 0.312. The van der Waals surface area contributed by atoms with Gasteiger partial charge < -0.3 is 20.4 Å². The van der Waals surface area contributed by atoms with Crippen molar-refractivity contribution in [2.24, 2.45) is 4.99 Å². The van der Waals surface area contributed by atoms with Crippen LogP contribution in [0.4, 0.5) is 5.82 Å². The van der Waals surface area contributed by atoms with Gasteiger partial charge in [-0.1, -0.05) is 45.0 Å². The molecule has 7 heteroatoms. The van der Waals surface area contributed by atoms with E-state index in [1.165, 1.54) is 16.7 Å². The van der Waals surface area contributed by atoms with E-state index in [4.69, 9.17) is 0 Å². The fraction of sp³-hybridized carbons (Fsp3) is 0.520. The van der Waals surface area contributed by atoms with Gasteiger partial charge in [-0.3, -0.25) is 4.99 Å². The number of piperazine rings is 1. The van der Waals surface area contributed by atoms with Crippen LogP contribution in [-0.4, -0.2) is 62.7 Å². The van der Waals surface area contributed by atoms with E-state index >= 15 is 0 Å². The van der Waals surface area contributed by atoms with E-state index < -0.39 is 0 Å². The van der Waals surface area contributed by atoms with Crippen LogP contribution in [0.3, 0.4) is 0 Å². The number of hydrogen-bond acceptors (Lipinski definition) is 4. The Balaban J connectivity index is 0.00000363. The van der Waals surface area contributed by atoms with E-state index in [9.17, 15) is 0 Å². The van der Waals surface area contributed by atoms with Crippen LogP contribution in [0.2, 0.25) is 0 Å². The van der Waals surface area contributed by atoms with Crippen molar-refractivity contribution < 1.29 is 0 Å². The van der Waals surface area contributed by atoms with Gasteiger partial charge in [0.15, 0.2) is 5.96 Å². The van der Waals surface area contributed by atoms with Gasteiger partial charge >= 0.3 is 0 Å². The molecule has 0 aliphatic carbocycles. The number of rotatable bonds is 6. The molecule has 2 aromatic rings. The molecule has 0 radical (unpaired) electrons. The van der Waals surface area contributed by atoms with Gasteiger partial charge in [0.2, 0.25) is 0 Å². The maximum atomic E-state index is 4.57. The van der Waals surface area contributed by atoms with Crippen molar-refractivity contribution in [3.63, 3.8) is 0 Å². The minimum absolute atomic E-state index is 0. The second-order valence-corrected chi connectivity index (χ2v) is 9.36. The molecule has 1 aromatic heterocycles. The summed E-state index contributed by atoms with van der Waals surface area (Å²) in [5.41, 5.74) is 4.11. The van der Waals surface area contributed by atoms with Gasteiger partial charge in [0.1, 0.15) is 5.82 Å². The second-order valence-electron chi connectivity index (χ2n) is 9.36. The lowest BCUT2D eigenvalue weighted by Crippen LogP contribution is -2.44. The standard InChI is InChI=1S/C25H38N6.HI/c1-25(2,3)22-8-6-20(7-9-22)10-13-28-24(26-4)29-19-21-11-12-27-23(18-21)31-16-14-30(5)15-17-31;/h6-9,11-12,18H,10,13-17,19H2,1-5H3,(H2,26,28,29);1H. The van der Waals surface area contributed by atoms with Crippen molar-refractivity contribution >= 4 is 35.8 Å². The molecule has 0 spiro atoms. The van der Waals surface area contributed by atoms with Crippen molar-refractivity contribution in [3.05, 3.63) is 59.3 Å². The van der Waals surface area contributed by atoms with Gasteiger partial charge in [-0.2, -0.15) is 0 Å². The Morgan fingerprint density at radius 2 is 1.69 bits per heavy atom. The number of anilines is 1. The van der Waals surface area contributed by atoms with E-state index in [0.29, 0.717) is 0 Å². The molecule has 2 heterocycles. The summed E-state index contributed by atoms with van der Waals surface area (Å²) in [4.78, 5) is 13.7. The summed E-state index contributed by atoms with van der Waals surface area (Å²) in [6.07, 6.45) is 2.87. The summed E-state index contributed by atoms with van der Waals surface area (Å²) < 4.78 is 0. The van der Waals surface area contributed by atoms with Crippen molar-refractivity contribution in [1.82, 2.24) is 20.5 Å². The van der Waals surface area contributed by atoms with E-state index in [2.05, 4.69) is 94.6 Å². The molecule has 0 atom stereocenters. The number of nitrogens with one attached hydrogen (secondary N) is 2. The first kappa shape index (κ1) is 26.4. The number of nitrogens with zero attached hydrogens (tertiary/aromatic N) is 4. The normalized spacial score (nSPS) is 15.3. The molecular formula is C25H39IN6. The molecule has 1 fully saturated rings. The predicted molar refractivity (Wildman–Crippen MR) is 146 cm³/mol. The van der Waals surface area contributed by atoms with E-state index in [0.717, 1.165) is 57.5 Å².